The lowest BCUT2D eigenvalue weighted by molar-refractivity contribution is 0.318. The van der Waals surface area contributed by atoms with Gasteiger partial charge in [0.25, 0.3) is 0 Å². The van der Waals surface area contributed by atoms with Gasteiger partial charge in [-0.1, -0.05) is 17.6 Å². The summed E-state index contributed by atoms with van der Waals surface area (Å²) in [6.07, 6.45) is 5.23. The Kier molecular flexibility index (Phi) is 4.59. The molecule has 0 aromatic heterocycles. The molecule has 0 saturated heterocycles. The number of oxime groups is 1. The van der Waals surface area contributed by atoms with Crippen molar-refractivity contribution in [2.24, 2.45) is 10.9 Å². The maximum Gasteiger partial charge on any atom is 0.0873 e. The van der Waals surface area contributed by atoms with Crippen LogP contribution in [0.15, 0.2) is 23.4 Å². The number of fused-ring (bicyclic) bond motifs is 1. The van der Waals surface area contributed by atoms with E-state index in [1.54, 1.807) is 0 Å². The van der Waals surface area contributed by atoms with Gasteiger partial charge in [-0.05, 0) is 49.9 Å². The Labute approximate surface area is 108 Å². The van der Waals surface area contributed by atoms with Crippen LogP contribution >= 0.6 is 0 Å². The van der Waals surface area contributed by atoms with Crippen molar-refractivity contribution in [3.05, 3.63) is 29.3 Å². The number of hydrogen-bond donors (Lipinski definition) is 3. The minimum Gasteiger partial charge on any atom is -0.411 e. The molecule has 0 radical (unpaired) electrons. The molecule has 0 aliphatic heterocycles. The molecule has 1 aliphatic carbocycles. The average molecular weight is 247 g/mol. The van der Waals surface area contributed by atoms with Gasteiger partial charge in [-0.2, -0.15) is 0 Å². The largest absolute Gasteiger partial charge is 0.411 e. The summed E-state index contributed by atoms with van der Waals surface area (Å²) in [5.74, 6) is 0. The van der Waals surface area contributed by atoms with E-state index in [1.807, 2.05) is 6.07 Å². The molecule has 0 bridgehead atoms. The number of nitrogens with two attached hydrogens (primary N) is 1. The van der Waals surface area contributed by atoms with Crippen LogP contribution in [0.2, 0.25) is 0 Å². The quantitative estimate of drug-likeness (QED) is 0.410. The molecule has 4 N–H and O–H groups in total. The minimum absolute atomic E-state index is 0.780. The SMILES string of the molecule is NCCCCCNc1ccc2c(c1)CC/C2=N\O. The zero-order chi connectivity index (χ0) is 12.8. The first kappa shape index (κ1) is 12.9. The van der Waals surface area contributed by atoms with Crippen LogP contribution in [-0.2, 0) is 6.42 Å². The highest BCUT2D eigenvalue weighted by molar-refractivity contribution is 6.04. The van der Waals surface area contributed by atoms with Crippen LogP contribution in [-0.4, -0.2) is 24.0 Å². The summed E-state index contributed by atoms with van der Waals surface area (Å²) in [5, 5.41) is 15.6. The second-order valence-corrected chi connectivity index (χ2v) is 4.69. The third kappa shape index (κ3) is 3.01. The Morgan fingerprint density at radius 2 is 2.11 bits per heavy atom. The van der Waals surface area contributed by atoms with E-state index in [-0.39, 0.29) is 0 Å². The van der Waals surface area contributed by atoms with Gasteiger partial charge in [0.2, 0.25) is 0 Å². The molecule has 4 nitrogen and oxygen atoms in total. The molecule has 0 atom stereocenters. The number of rotatable bonds is 6. The average Bonchev–Trinajstić information content (AvgIpc) is 2.80. The van der Waals surface area contributed by atoms with Crippen LogP contribution in [0.3, 0.4) is 0 Å². The molecule has 98 valence electrons. The van der Waals surface area contributed by atoms with Crippen molar-refractivity contribution in [1.82, 2.24) is 0 Å². The number of hydrogen-bond acceptors (Lipinski definition) is 4. The molecule has 0 heterocycles. The van der Waals surface area contributed by atoms with Gasteiger partial charge in [-0.3, -0.25) is 0 Å². The van der Waals surface area contributed by atoms with Gasteiger partial charge in [-0.15, -0.1) is 0 Å². The second-order valence-electron chi connectivity index (χ2n) is 4.69. The maximum absolute atomic E-state index is 8.87. The highest BCUT2D eigenvalue weighted by Crippen LogP contribution is 2.25. The van der Waals surface area contributed by atoms with Crippen LogP contribution in [0.25, 0.3) is 0 Å². The molecule has 0 unspecified atom stereocenters. The third-order valence-electron chi connectivity index (χ3n) is 3.38. The predicted molar refractivity (Wildman–Crippen MR) is 74.5 cm³/mol. The van der Waals surface area contributed by atoms with Crippen molar-refractivity contribution in [1.29, 1.82) is 0 Å². The minimum atomic E-state index is 0.780. The summed E-state index contributed by atoms with van der Waals surface area (Å²) in [4.78, 5) is 0. The van der Waals surface area contributed by atoms with Gasteiger partial charge in [0.05, 0.1) is 5.71 Å². The monoisotopic (exact) mass is 247 g/mol. The van der Waals surface area contributed by atoms with Crippen LogP contribution in [0.1, 0.15) is 36.8 Å². The van der Waals surface area contributed by atoms with E-state index < -0.39 is 0 Å². The molecule has 1 aromatic carbocycles. The second kappa shape index (κ2) is 6.40. The Balaban J connectivity index is 1.88. The smallest absolute Gasteiger partial charge is 0.0873 e. The van der Waals surface area contributed by atoms with Crippen molar-refractivity contribution in [3.8, 4) is 0 Å². The first-order chi connectivity index (χ1) is 8.85. The molecule has 2 rings (SSSR count). The molecule has 1 aliphatic rings. The Morgan fingerprint density at radius 1 is 1.22 bits per heavy atom. The van der Waals surface area contributed by atoms with Crippen molar-refractivity contribution in [2.45, 2.75) is 32.1 Å². The summed E-state index contributed by atoms with van der Waals surface area (Å²) in [5.41, 5.74) is 9.78. The summed E-state index contributed by atoms with van der Waals surface area (Å²) in [6, 6.07) is 6.26. The molecular formula is C14H21N3O. The van der Waals surface area contributed by atoms with E-state index in [0.29, 0.717) is 0 Å². The van der Waals surface area contributed by atoms with Gasteiger partial charge in [0.1, 0.15) is 0 Å². The van der Waals surface area contributed by atoms with Gasteiger partial charge in [0.15, 0.2) is 0 Å². The van der Waals surface area contributed by atoms with E-state index in [4.69, 9.17) is 10.9 Å². The maximum atomic E-state index is 8.87. The number of aryl methyl sites for hydroxylation is 1. The molecule has 0 amide bonds. The van der Waals surface area contributed by atoms with Crippen molar-refractivity contribution < 1.29 is 5.21 Å². The van der Waals surface area contributed by atoms with E-state index in [1.165, 1.54) is 12.0 Å². The predicted octanol–water partition coefficient (Wildman–Crippen LogP) is 2.35. The normalized spacial score (nSPS) is 15.9. The number of benzene rings is 1. The fourth-order valence-corrected chi connectivity index (χ4v) is 2.36. The fourth-order valence-electron chi connectivity index (χ4n) is 2.36. The summed E-state index contributed by atoms with van der Waals surface area (Å²) < 4.78 is 0. The van der Waals surface area contributed by atoms with Crippen LogP contribution in [0.4, 0.5) is 5.69 Å². The first-order valence-electron chi connectivity index (χ1n) is 6.63. The molecule has 1 aromatic rings. The number of anilines is 1. The zero-order valence-electron chi connectivity index (χ0n) is 10.7. The van der Waals surface area contributed by atoms with Crippen LogP contribution in [0, 0.1) is 0 Å². The van der Waals surface area contributed by atoms with E-state index in [0.717, 1.165) is 55.7 Å². The molecule has 0 fully saturated rings. The summed E-state index contributed by atoms with van der Waals surface area (Å²) >= 11 is 0. The molecular weight excluding hydrogens is 226 g/mol. The number of nitrogens with zero attached hydrogens (tertiary/aromatic N) is 1. The van der Waals surface area contributed by atoms with E-state index in [9.17, 15) is 0 Å². The lowest BCUT2D eigenvalue weighted by atomic mass is 10.1. The van der Waals surface area contributed by atoms with Gasteiger partial charge in [-0.25, -0.2) is 0 Å². The molecule has 0 spiro atoms. The number of nitrogens with one attached hydrogen (secondary N) is 1. The molecule has 0 saturated carbocycles. The zero-order valence-corrected chi connectivity index (χ0v) is 10.7. The summed E-state index contributed by atoms with van der Waals surface area (Å²) in [7, 11) is 0. The van der Waals surface area contributed by atoms with Crippen molar-refractivity contribution in [3.63, 3.8) is 0 Å². The van der Waals surface area contributed by atoms with Crippen molar-refractivity contribution in [2.75, 3.05) is 18.4 Å². The first-order valence-corrected chi connectivity index (χ1v) is 6.63. The van der Waals surface area contributed by atoms with Gasteiger partial charge >= 0.3 is 0 Å². The lowest BCUT2D eigenvalue weighted by Crippen LogP contribution is -2.04. The highest BCUT2D eigenvalue weighted by Gasteiger charge is 2.18. The van der Waals surface area contributed by atoms with Gasteiger partial charge in [0, 0.05) is 17.8 Å². The Morgan fingerprint density at radius 3 is 2.89 bits per heavy atom. The van der Waals surface area contributed by atoms with Crippen LogP contribution < -0.4 is 11.1 Å². The lowest BCUT2D eigenvalue weighted by Gasteiger charge is -2.08. The topological polar surface area (TPSA) is 70.6 Å². The number of unbranched alkanes of at least 4 members (excludes halogenated alkanes) is 2. The standard InChI is InChI=1S/C14H21N3O/c15-8-2-1-3-9-16-12-5-6-13-11(10-12)4-7-14(13)17-18/h5-6,10,16,18H,1-4,7-9,15H2/b17-14+. The fraction of sp³-hybridized carbons (Fsp3) is 0.500. The van der Waals surface area contributed by atoms with Crippen molar-refractivity contribution >= 4 is 11.4 Å². The van der Waals surface area contributed by atoms with E-state index in [2.05, 4.69) is 22.6 Å². The third-order valence-corrected chi connectivity index (χ3v) is 3.38. The van der Waals surface area contributed by atoms with E-state index >= 15 is 0 Å². The van der Waals surface area contributed by atoms with Gasteiger partial charge < -0.3 is 16.3 Å². The molecule has 18 heavy (non-hydrogen) atoms. The van der Waals surface area contributed by atoms with Crippen LogP contribution in [0.5, 0.6) is 0 Å². The Hall–Kier alpha value is -1.55. The molecule has 4 heteroatoms. The highest BCUT2D eigenvalue weighted by atomic mass is 16.4. The summed E-state index contributed by atoms with van der Waals surface area (Å²) in [6.45, 7) is 1.77. The Bertz CT molecular complexity index is 429.